The molecule has 0 spiro atoms. The maximum Gasteiger partial charge on any atom is 0.0558 e. The van der Waals surface area contributed by atoms with E-state index in [-0.39, 0.29) is 13.2 Å². The minimum absolute atomic E-state index is 0.158. The first-order valence-electron chi connectivity index (χ1n) is 5.49. The Morgan fingerprint density at radius 2 is 1.79 bits per heavy atom. The van der Waals surface area contributed by atoms with Gasteiger partial charge in [0.05, 0.1) is 13.2 Å². The lowest BCUT2D eigenvalue weighted by Gasteiger charge is -2.35. The van der Waals surface area contributed by atoms with Gasteiger partial charge >= 0.3 is 0 Å². The van der Waals surface area contributed by atoms with Crippen molar-refractivity contribution >= 4 is 0 Å². The van der Waals surface area contributed by atoms with Gasteiger partial charge in [-0.25, -0.2) is 0 Å². The molecule has 4 heteroatoms. The molecule has 14 heavy (non-hydrogen) atoms. The van der Waals surface area contributed by atoms with Crippen LogP contribution in [-0.4, -0.2) is 53.5 Å². The first kappa shape index (κ1) is 11.9. The Morgan fingerprint density at radius 1 is 1.14 bits per heavy atom. The van der Waals surface area contributed by atoms with Gasteiger partial charge in [0.1, 0.15) is 0 Å². The van der Waals surface area contributed by atoms with E-state index in [1.807, 2.05) is 0 Å². The van der Waals surface area contributed by atoms with Crippen LogP contribution in [0, 0.1) is 0 Å². The van der Waals surface area contributed by atoms with E-state index in [0.717, 1.165) is 19.3 Å². The van der Waals surface area contributed by atoms with E-state index in [1.165, 1.54) is 6.42 Å². The molecule has 4 nitrogen and oxygen atoms in total. The van der Waals surface area contributed by atoms with Crippen molar-refractivity contribution in [2.45, 2.75) is 37.8 Å². The van der Waals surface area contributed by atoms with Crippen LogP contribution in [0.25, 0.3) is 0 Å². The summed E-state index contributed by atoms with van der Waals surface area (Å²) in [7, 11) is 0. The predicted molar refractivity (Wildman–Crippen MR) is 56.0 cm³/mol. The second kappa shape index (κ2) is 6.35. The van der Waals surface area contributed by atoms with Crippen molar-refractivity contribution in [1.29, 1.82) is 0 Å². The number of aliphatic hydroxyl groups excluding tert-OH is 2. The Bertz CT molecular complexity index is 146. The molecular formula is C10H22N2O2. The van der Waals surface area contributed by atoms with E-state index >= 15 is 0 Å². The van der Waals surface area contributed by atoms with E-state index < -0.39 is 0 Å². The lowest BCUT2D eigenvalue weighted by atomic mass is 9.90. The molecule has 1 aliphatic carbocycles. The van der Waals surface area contributed by atoms with Gasteiger partial charge in [-0.05, 0) is 19.3 Å². The second-order valence-corrected chi connectivity index (χ2v) is 4.06. The minimum atomic E-state index is 0.158. The molecule has 0 amide bonds. The largest absolute Gasteiger partial charge is 0.395 e. The van der Waals surface area contributed by atoms with Gasteiger partial charge in [-0.2, -0.15) is 0 Å². The summed E-state index contributed by atoms with van der Waals surface area (Å²) in [6.07, 6.45) is 4.43. The van der Waals surface area contributed by atoms with Gasteiger partial charge in [0.15, 0.2) is 0 Å². The molecule has 0 aromatic rings. The SMILES string of the molecule is NC1CCCC(N(CCO)CCO)C1. The average Bonchev–Trinajstić information content (AvgIpc) is 2.17. The summed E-state index contributed by atoms with van der Waals surface area (Å²) in [5, 5.41) is 17.8. The molecule has 1 rings (SSSR count). The van der Waals surface area contributed by atoms with Gasteiger partial charge in [-0.3, -0.25) is 4.90 Å². The van der Waals surface area contributed by atoms with Crippen molar-refractivity contribution in [2.24, 2.45) is 5.73 Å². The predicted octanol–water partition coefficient (Wildman–Crippen LogP) is -0.457. The van der Waals surface area contributed by atoms with Crippen LogP contribution in [0.15, 0.2) is 0 Å². The highest BCUT2D eigenvalue weighted by Gasteiger charge is 2.23. The van der Waals surface area contributed by atoms with Crippen LogP contribution in [0.4, 0.5) is 0 Å². The Hall–Kier alpha value is -0.160. The minimum Gasteiger partial charge on any atom is -0.395 e. The maximum atomic E-state index is 8.91. The summed E-state index contributed by atoms with van der Waals surface area (Å²) in [5.74, 6) is 0. The zero-order chi connectivity index (χ0) is 10.4. The van der Waals surface area contributed by atoms with Gasteiger partial charge in [-0.1, -0.05) is 6.42 Å². The van der Waals surface area contributed by atoms with Crippen LogP contribution in [0.5, 0.6) is 0 Å². The quantitative estimate of drug-likeness (QED) is 0.564. The third-order valence-corrected chi connectivity index (χ3v) is 2.98. The molecule has 0 heterocycles. The van der Waals surface area contributed by atoms with E-state index in [2.05, 4.69) is 4.90 Å². The Kier molecular flexibility index (Phi) is 5.40. The van der Waals surface area contributed by atoms with E-state index in [0.29, 0.717) is 25.2 Å². The fourth-order valence-corrected chi connectivity index (χ4v) is 2.27. The molecule has 0 radical (unpaired) electrons. The van der Waals surface area contributed by atoms with Crippen molar-refractivity contribution in [1.82, 2.24) is 4.90 Å². The van der Waals surface area contributed by atoms with Gasteiger partial charge in [0, 0.05) is 25.2 Å². The number of aliphatic hydroxyl groups is 2. The number of hydrogen-bond donors (Lipinski definition) is 3. The first-order valence-corrected chi connectivity index (χ1v) is 5.49. The molecule has 0 aromatic heterocycles. The number of nitrogens with two attached hydrogens (primary N) is 1. The molecule has 0 saturated heterocycles. The van der Waals surface area contributed by atoms with Crippen molar-refractivity contribution in [2.75, 3.05) is 26.3 Å². The zero-order valence-electron chi connectivity index (χ0n) is 8.73. The molecule has 1 aliphatic rings. The summed E-state index contributed by atoms with van der Waals surface area (Å²) in [4.78, 5) is 2.15. The highest BCUT2D eigenvalue weighted by atomic mass is 16.3. The summed E-state index contributed by atoms with van der Waals surface area (Å²) in [6, 6.07) is 0.756. The van der Waals surface area contributed by atoms with E-state index in [4.69, 9.17) is 15.9 Å². The second-order valence-electron chi connectivity index (χ2n) is 4.06. The van der Waals surface area contributed by atoms with Gasteiger partial charge in [0.25, 0.3) is 0 Å². The van der Waals surface area contributed by atoms with Crippen LogP contribution >= 0.6 is 0 Å². The smallest absolute Gasteiger partial charge is 0.0558 e. The van der Waals surface area contributed by atoms with E-state index in [9.17, 15) is 0 Å². The molecule has 2 atom stereocenters. The average molecular weight is 202 g/mol. The van der Waals surface area contributed by atoms with Crippen molar-refractivity contribution in [3.05, 3.63) is 0 Å². The summed E-state index contributed by atoms with van der Waals surface area (Å²) >= 11 is 0. The Morgan fingerprint density at radius 3 is 2.29 bits per heavy atom. The Labute approximate surface area is 85.7 Å². The number of nitrogens with zero attached hydrogens (tertiary/aromatic N) is 1. The topological polar surface area (TPSA) is 69.7 Å². The number of hydrogen-bond acceptors (Lipinski definition) is 4. The summed E-state index contributed by atoms with van der Waals surface area (Å²) < 4.78 is 0. The molecule has 0 bridgehead atoms. The summed E-state index contributed by atoms with van der Waals surface area (Å²) in [6.45, 7) is 1.62. The lowest BCUT2D eigenvalue weighted by molar-refractivity contribution is 0.0965. The molecule has 2 unspecified atom stereocenters. The standard InChI is InChI=1S/C10H22N2O2/c11-9-2-1-3-10(8-9)12(4-6-13)5-7-14/h9-10,13-14H,1-8,11H2. The highest BCUT2D eigenvalue weighted by molar-refractivity contribution is 4.81. The monoisotopic (exact) mass is 202 g/mol. The van der Waals surface area contributed by atoms with Crippen LogP contribution in [-0.2, 0) is 0 Å². The van der Waals surface area contributed by atoms with Crippen molar-refractivity contribution in [3.8, 4) is 0 Å². The third kappa shape index (κ3) is 3.53. The van der Waals surface area contributed by atoms with Gasteiger partial charge in [0.2, 0.25) is 0 Å². The molecular weight excluding hydrogens is 180 g/mol. The third-order valence-electron chi connectivity index (χ3n) is 2.98. The molecule has 1 saturated carbocycles. The maximum absolute atomic E-state index is 8.91. The normalized spacial score (nSPS) is 28.3. The van der Waals surface area contributed by atoms with Crippen molar-refractivity contribution in [3.63, 3.8) is 0 Å². The van der Waals surface area contributed by atoms with Crippen LogP contribution < -0.4 is 5.73 Å². The summed E-state index contributed by atoms with van der Waals surface area (Å²) in [5.41, 5.74) is 5.90. The lowest BCUT2D eigenvalue weighted by Crippen LogP contribution is -2.44. The van der Waals surface area contributed by atoms with Crippen LogP contribution in [0.3, 0.4) is 0 Å². The van der Waals surface area contributed by atoms with Crippen LogP contribution in [0.1, 0.15) is 25.7 Å². The van der Waals surface area contributed by atoms with Crippen LogP contribution in [0.2, 0.25) is 0 Å². The van der Waals surface area contributed by atoms with E-state index in [1.54, 1.807) is 0 Å². The highest BCUT2D eigenvalue weighted by Crippen LogP contribution is 2.21. The fourth-order valence-electron chi connectivity index (χ4n) is 2.27. The van der Waals surface area contributed by atoms with Gasteiger partial charge < -0.3 is 15.9 Å². The van der Waals surface area contributed by atoms with Gasteiger partial charge in [-0.15, -0.1) is 0 Å². The number of rotatable bonds is 5. The molecule has 4 N–H and O–H groups in total. The first-order chi connectivity index (χ1) is 6.77. The van der Waals surface area contributed by atoms with Crippen molar-refractivity contribution < 1.29 is 10.2 Å². The zero-order valence-corrected chi connectivity index (χ0v) is 8.73. The molecule has 0 aromatic carbocycles. The Balaban J connectivity index is 2.39. The molecule has 0 aliphatic heterocycles. The molecule has 84 valence electrons. The molecule has 1 fully saturated rings. The fraction of sp³-hybridized carbons (Fsp3) is 1.00.